The summed E-state index contributed by atoms with van der Waals surface area (Å²) in [5.74, 6) is 0. The maximum Gasteiger partial charge on any atom is 0.195 e. The maximum absolute atomic E-state index is 12.4. The van der Waals surface area contributed by atoms with E-state index < -0.39 is 0 Å². The molecule has 0 N–H and O–H groups in total. The maximum atomic E-state index is 12.4. The number of hydrogen-bond donors (Lipinski definition) is 0. The van der Waals surface area contributed by atoms with Crippen molar-refractivity contribution in [2.75, 3.05) is 0 Å². The van der Waals surface area contributed by atoms with Crippen molar-refractivity contribution < 1.29 is 0 Å². The standard InChI is InChI=1S/C14H8BrNO/c15-11-4-3-9-1-2-10-5-6-16-8-13(10)14(17)12(9)7-11/h1-8H. The first kappa shape index (κ1) is 10.4. The molecule has 3 rings (SSSR count). The quantitative estimate of drug-likeness (QED) is 0.633. The van der Waals surface area contributed by atoms with Crippen LogP contribution < -0.4 is 5.43 Å². The third-order valence-electron chi connectivity index (χ3n) is 2.80. The highest BCUT2D eigenvalue weighted by Gasteiger charge is 2.02. The van der Waals surface area contributed by atoms with E-state index in [2.05, 4.69) is 20.9 Å². The first-order valence-corrected chi connectivity index (χ1v) is 6.01. The van der Waals surface area contributed by atoms with Gasteiger partial charge in [-0.05, 0) is 29.0 Å². The number of hydrogen-bond acceptors (Lipinski definition) is 2. The van der Waals surface area contributed by atoms with E-state index in [4.69, 9.17) is 0 Å². The fourth-order valence-corrected chi connectivity index (χ4v) is 2.30. The van der Waals surface area contributed by atoms with Crippen LogP contribution in [0.3, 0.4) is 0 Å². The lowest BCUT2D eigenvalue weighted by Gasteiger charge is -1.92. The summed E-state index contributed by atoms with van der Waals surface area (Å²) in [4.78, 5) is 16.4. The van der Waals surface area contributed by atoms with Crippen molar-refractivity contribution in [1.82, 2.24) is 4.98 Å². The molecule has 0 atom stereocenters. The Hall–Kier alpha value is -1.74. The predicted octanol–water partition coefficient (Wildman–Crippen LogP) is 3.51. The smallest absolute Gasteiger partial charge is 0.195 e. The van der Waals surface area contributed by atoms with Gasteiger partial charge in [0.05, 0.1) is 0 Å². The molecule has 0 saturated heterocycles. The van der Waals surface area contributed by atoms with Crippen LogP contribution in [0.5, 0.6) is 0 Å². The molecule has 1 heterocycles. The lowest BCUT2D eigenvalue weighted by atomic mass is 10.2. The van der Waals surface area contributed by atoms with Gasteiger partial charge in [0.1, 0.15) is 0 Å². The molecule has 0 aliphatic carbocycles. The summed E-state index contributed by atoms with van der Waals surface area (Å²) in [5.41, 5.74) is 0.0226. The van der Waals surface area contributed by atoms with Crippen LogP contribution in [-0.4, -0.2) is 4.98 Å². The first-order chi connectivity index (χ1) is 8.25. The van der Waals surface area contributed by atoms with Crippen LogP contribution in [0.2, 0.25) is 0 Å². The van der Waals surface area contributed by atoms with Gasteiger partial charge in [-0.15, -0.1) is 0 Å². The zero-order valence-corrected chi connectivity index (χ0v) is 10.4. The lowest BCUT2D eigenvalue weighted by molar-refractivity contribution is 1.36. The molecule has 0 bridgehead atoms. The van der Waals surface area contributed by atoms with Gasteiger partial charge < -0.3 is 0 Å². The summed E-state index contributed by atoms with van der Waals surface area (Å²) in [5, 5.41) is 3.22. The Morgan fingerprint density at radius 3 is 2.47 bits per heavy atom. The highest BCUT2D eigenvalue weighted by Crippen LogP contribution is 2.18. The van der Waals surface area contributed by atoms with E-state index in [9.17, 15) is 4.79 Å². The minimum atomic E-state index is 0.0226. The minimum absolute atomic E-state index is 0.0226. The van der Waals surface area contributed by atoms with Crippen molar-refractivity contribution in [1.29, 1.82) is 0 Å². The van der Waals surface area contributed by atoms with Gasteiger partial charge in [0.15, 0.2) is 5.43 Å². The molecule has 0 aliphatic rings. The van der Waals surface area contributed by atoms with Gasteiger partial charge in [-0.1, -0.05) is 34.1 Å². The minimum Gasteiger partial charge on any atom is -0.289 e. The van der Waals surface area contributed by atoms with Gasteiger partial charge in [0.2, 0.25) is 0 Å². The molecule has 3 heteroatoms. The van der Waals surface area contributed by atoms with Crippen molar-refractivity contribution in [2.24, 2.45) is 0 Å². The number of benzene rings is 1. The summed E-state index contributed by atoms with van der Waals surface area (Å²) in [6.45, 7) is 0. The van der Waals surface area contributed by atoms with E-state index in [1.807, 2.05) is 36.4 Å². The second kappa shape index (κ2) is 3.93. The average molecular weight is 286 g/mol. The van der Waals surface area contributed by atoms with E-state index in [1.54, 1.807) is 12.4 Å². The summed E-state index contributed by atoms with van der Waals surface area (Å²) in [7, 11) is 0. The summed E-state index contributed by atoms with van der Waals surface area (Å²) >= 11 is 3.39. The lowest BCUT2D eigenvalue weighted by Crippen LogP contribution is -1.98. The van der Waals surface area contributed by atoms with E-state index >= 15 is 0 Å². The average Bonchev–Trinajstić information content (AvgIpc) is 2.49. The third-order valence-corrected chi connectivity index (χ3v) is 3.30. The fourth-order valence-electron chi connectivity index (χ4n) is 1.94. The molecular weight excluding hydrogens is 278 g/mol. The zero-order chi connectivity index (χ0) is 11.8. The largest absolute Gasteiger partial charge is 0.289 e. The van der Waals surface area contributed by atoms with Gasteiger partial charge in [-0.3, -0.25) is 9.78 Å². The molecule has 1 aromatic heterocycles. The van der Waals surface area contributed by atoms with Crippen molar-refractivity contribution in [2.45, 2.75) is 0 Å². The fraction of sp³-hybridized carbons (Fsp3) is 0. The van der Waals surface area contributed by atoms with Crippen LogP contribution in [0.1, 0.15) is 0 Å². The predicted molar refractivity (Wildman–Crippen MR) is 73.2 cm³/mol. The molecule has 2 nitrogen and oxygen atoms in total. The van der Waals surface area contributed by atoms with Crippen LogP contribution in [0.25, 0.3) is 21.5 Å². The molecule has 3 aromatic rings. The van der Waals surface area contributed by atoms with E-state index in [0.717, 1.165) is 15.2 Å². The van der Waals surface area contributed by atoms with Crippen LogP contribution in [0, 0.1) is 0 Å². The van der Waals surface area contributed by atoms with Gasteiger partial charge in [0.25, 0.3) is 0 Å². The second-order valence-corrected chi connectivity index (χ2v) is 4.77. The second-order valence-electron chi connectivity index (χ2n) is 3.86. The molecule has 82 valence electrons. The molecule has 17 heavy (non-hydrogen) atoms. The van der Waals surface area contributed by atoms with Gasteiger partial charge in [0, 0.05) is 27.6 Å². The number of aromatic nitrogens is 1. The topological polar surface area (TPSA) is 30.0 Å². The van der Waals surface area contributed by atoms with E-state index in [0.29, 0.717) is 10.8 Å². The summed E-state index contributed by atoms with van der Waals surface area (Å²) in [6.07, 6.45) is 3.32. The SMILES string of the molecule is O=c1c2cnccc2ccc2ccc(Br)cc12. The van der Waals surface area contributed by atoms with Crippen LogP contribution in [0.15, 0.2) is 58.1 Å². The molecule has 0 unspecified atom stereocenters. The Bertz CT molecular complexity index is 783. The van der Waals surface area contributed by atoms with E-state index in [1.165, 1.54) is 0 Å². The van der Waals surface area contributed by atoms with Crippen molar-refractivity contribution in [3.05, 3.63) is 63.5 Å². The number of pyridine rings is 1. The summed E-state index contributed by atoms with van der Waals surface area (Å²) < 4.78 is 0.908. The Morgan fingerprint density at radius 1 is 0.941 bits per heavy atom. The van der Waals surface area contributed by atoms with Gasteiger partial charge >= 0.3 is 0 Å². The van der Waals surface area contributed by atoms with Crippen LogP contribution in [-0.2, 0) is 0 Å². The Labute approximate surface area is 106 Å². The molecule has 0 saturated carbocycles. The number of fused-ring (bicyclic) bond motifs is 2. The van der Waals surface area contributed by atoms with Crippen molar-refractivity contribution in [3.8, 4) is 0 Å². The number of nitrogens with zero attached hydrogens (tertiary/aromatic N) is 1. The zero-order valence-electron chi connectivity index (χ0n) is 8.85. The summed E-state index contributed by atoms with van der Waals surface area (Å²) in [6, 6.07) is 11.5. The van der Waals surface area contributed by atoms with Crippen LogP contribution in [0.4, 0.5) is 0 Å². The van der Waals surface area contributed by atoms with Gasteiger partial charge in [-0.25, -0.2) is 0 Å². The van der Waals surface area contributed by atoms with E-state index in [-0.39, 0.29) is 5.43 Å². The molecule has 0 radical (unpaired) electrons. The molecule has 2 aromatic carbocycles. The van der Waals surface area contributed by atoms with Crippen molar-refractivity contribution in [3.63, 3.8) is 0 Å². The first-order valence-electron chi connectivity index (χ1n) is 5.22. The number of rotatable bonds is 0. The highest BCUT2D eigenvalue weighted by atomic mass is 79.9. The van der Waals surface area contributed by atoms with Gasteiger partial charge in [-0.2, -0.15) is 0 Å². The van der Waals surface area contributed by atoms with Crippen LogP contribution >= 0.6 is 15.9 Å². The molecular formula is C14H8BrNO. The molecule has 0 aliphatic heterocycles. The normalized spacial score (nSPS) is 10.9. The molecule has 0 amide bonds. The Kier molecular flexibility index (Phi) is 2.41. The third kappa shape index (κ3) is 1.72. The molecule has 0 fully saturated rings. The number of halogens is 1. The highest BCUT2D eigenvalue weighted by molar-refractivity contribution is 9.10. The van der Waals surface area contributed by atoms with Crippen molar-refractivity contribution >= 4 is 37.5 Å². The monoisotopic (exact) mass is 285 g/mol. The Morgan fingerprint density at radius 2 is 1.65 bits per heavy atom. The molecule has 0 spiro atoms. The Balaban J connectivity index is 2.65.